The van der Waals surface area contributed by atoms with Gasteiger partial charge in [0.05, 0.1) is 18.3 Å². The fourth-order valence-corrected chi connectivity index (χ4v) is 2.90. The lowest BCUT2D eigenvalue weighted by Crippen LogP contribution is -2.22. The van der Waals surface area contributed by atoms with E-state index < -0.39 is 10.3 Å². The molecule has 0 spiro atoms. The Morgan fingerprint density at radius 1 is 1.37 bits per heavy atom. The molecule has 1 heterocycles. The minimum atomic E-state index is -3.91. The maximum Gasteiger partial charge on any atom is 0.333 e. The Morgan fingerprint density at radius 2 is 2.00 bits per heavy atom. The van der Waals surface area contributed by atoms with E-state index in [9.17, 15) is 8.42 Å². The Bertz CT molecular complexity index is 527. The number of hydrogen-bond acceptors (Lipinski definition) is 4. The number of ether oxygens (including phenoxy) is 1. The van der Waals surface area contributed by atoms with Gasteiger partial charge in [-0.05, 0) is 25.8 Å². The summed E-state index contributed by atoms with van der Waals surface area (Å²) in [5, 5.41) is 4.87. The first-order chi connectivity index (χ1) is 8.77. The van der Waals surface area contributed by atoms with E-state index in [1.165, 1.54) is 0 Å². The molecule has 19 heavy (non-hydrogen) atoms. The molecule has 5 nitrogen and oxygen atoms in total. The SMILES string of the molecule is CC1(C)C[C@@H](COS(N)(=O)=O)[C@H](c2ccccc2)O1. The molecular weight excluding hydrogens is 266 g/mol. The van der Waals surface area contributed by atoms with Crippen LogP contribution in [-0.4, -0.2) is 20.6 Å². The zero-order valence-electron chi connectivity index (χ0n) is 11.1. The molecule has 6 heteroatoms. The van der Waals surface area contributed by atoms with Crippen LogP contribution in [0.1, 0.15) is 31.9 Å². The molecule has 1 aliphatic heterocycles. The third kappa shape index (κ3) is 4.01. The fourth-order valence-electron chi connectivity index (χ4n) is 2.54. The summed E-state index contributed by atoms with van der Waals surface area (Å²) in [6.07, 6.45) is 0.556. The molecule has 0 bridgehead atoms. The summed E-state index contributed by atoms with van der Waals surface area (Å²) in [5.41, 5.74) is 0.725. The summed E-state index contributed by atoms with van der Waals surface area (Å²) in [4.78, 5) is 0. The molecule has 2 atom stereocenters. The van der Waals surface area contributed by atoms with Gasteiger partial charge >= 0.3 is 10.3 Å². The van der Waals surface area contributed by atoms with Crippen LogP contribution in [0.3, 0.4) is 0 Å². The topological polar surface area (TPSA) is 78.6 Å². The van der Waals surface area contributed by atoms with Crippen LogP contribution >= 0.6 is 0 Å². The Balaban J connectivity index is 2.15. The van der Waals surface area contributed by atoms with E-state index >= 15 is 0 Å². The van der Waals surface area contributed by atoms with Gasteiger partial charge in [-0.1, -0.05) is 30.3 Å². The Hall–Kier alpha value is -0.950. The number of rotatable bonds is 4. The first kappa shape index (κ1) is 14.5. The van der Waals surface area contributed by atoms with Crippen LogP contribution in [0.2, 0.25) is 0 Å². The highest BCUT2D eigenvalue weighted by molar-refractivity contribution is 7.84. The van der Waals surface area contributed by atoms with Crippen molar-refractivity contribution < 1.29 is 17.3 Å². The Kier molecular flexibility index (Phi) is 3.96. The second-order valence-corrected chi connectivity index (χ2v) is 6.67. The predicted octanol–water partition coefficient (Wildman–Crippen LogP) is 1.76. The summed E-state index contributed by atoms with van der Waals surface area (Å²) in [6.45, 7) is 4.02. The van der Waals surface area contributed by atoms with Gasteiger partial charge in [0.2, 0.25) is 0 Å². The quantitative estimate of drug-likeness (QED) is 0.914. The van der Waals surface area contributed by atoms with Gasteiger partial charge in [0.25, 0.3) is 0 Å². The van der Waals surface area contributed by atoms with Crippen LogP contribution in [0.5, 0.6) is 0 Å². The van der Waals surface area contributed by atoms with Gasteiger partial charge in [-0.25, -0.2) is 5.14 Å². The van der Waals surface area contributed by atoms with Crippen molar-refractivity contribution in [3.8, 4) is 0 Å². The lowest BCUT2D eigenvalue weighted by molar-refractivity contribution is -0.0245. The molecule has 0 unspecified atom stereocenters. The lowest BCUT2D eigenvalue weighted by Gasteiger charge is -2.20. The first-order valence-corrected chi connectivity index (χ1v) is 7.64. The van der Waals surface area contributed by atoms with Gasteiger partial charge in [0, 0.05) is 5.92 Å². The molecule has 2 N–H and O–H groups in total. The van der Waals surface area contributed by atoms with Gasteiger partial charge in [0.15, 0.2) is 0 Å². The maximum absolute atomic E-state index is 10.9. The zero-order chi connectivity index (χ0) is 14.1. The van der Waals surface area contributed by atoms with Crippen LogP contribution in [0.15, 0.2) is 30.3 Å². The standard InChI is InChI=1S/C13H19NO4S/c1-13(2)8-11(9-17-19(14,15)16)12(18-13)10-6-4-3-5-7-10/h3-7,11-12H,8-9H2,1-2H3,(H2,14,15,16)/t11-,12-/m0/s1. The summed E-state index contributed by atoms with van der Waals surface area (Å²) in [5.74, 6) is -0.0317. The van der Waals surface area contributed by atoms with Gasteiger partial charge in [-0.2, -0.15) is 8.42 Å². The van der Waals surface area contributed by atoms with Gasteiger partial charge in [-0.15, -0.1) is 0 Å². The van der Waals surface area contributed by atoms with Crippen LogP contribution in [0.25, 0.3) is 0 Å². The molecule has 1 aliphatic rings. The molecule has 2 rings (SSSR count). The van der Waals surface area contributed by atoms with Crippen molar-refractivity contribution in [1.82, 2.24) is 0 Å². The highest BCUT2D eigenvalue weighted by Crippen LogP contribution is 2.43. The van der Waals surface area contributed by atoms with Crippen molar-refractivity contribution in [3.63, 3.8) is 0 Å². The normalized spacial score (nSPS) is 26.5. The Labute approximate surface area is 114 Å². The lowest BCUT2D eigenvalue weighted by atomic mass is 9.92. The molecule has 0 aliphatic carbocycles. The van der Waals surface area contributed by atoms with Crippen molar-refractivity contribution in [1.29, 1.82) is 0 Å². The zero-order valence-corrected chi connectivity index (χ0v) is 11.9. The number of nitrogens with two attached hydrogens (primary N) is 1. The monoisotopic (exact) mass is 285 g/mol. The van der Waals surface area contributed by atoms with Gasteiger partial charge in [-0.3, -0.25) is 4.18 Å². The molecule has 0 amide bonds. The fraction of sp³-hybridized carbons (Fsp3) is 0.538. The predicted molar refractivity (Wildman–Crippen MR) is 71.5 cm³/mol. The number of hydrogen-bond donors (Lipinski definition) is 1. The maximum atomic E-state index is 10.9. The second-order valence-electron chi connectivity index (χ2n) is 5.45. The summed E-state index contributed by atoms with van der Waals surface area (Å²) in [7, 11) is -3.91. The third-order valence-corrected chi connectivity index (χ3v) is 3.67. The molecule has 0 radical (unpaired) electrons. The molecule has 106 valence electrons. The molecule has 1 fully saturated rings. The van der Waals surface area contributed by atoms with Crippen molar-refractivity contribution in [2.75, 3.05) is 6.61 Å². The van der Waals surface area contributed by atoms with E-state index in [1.807, 2.05) is 44.2 Å². The van der Waals surface area contributed by atoms with E-state index in [4.69, 9.17) is 14.1 Å². The largest absolute Gasteiger partial charge is 0.367 e. The van der Waals surface area contributed by atoms with Crippen molar-refractivity contribution in [2.45, 2.75) is 32.0 Å². The smallest absolute Gasteiger partial charge is 0.333 e. The van der Waals surface area contributed by atoms with E-state index in [0.29, 0.717) is 0 Å². The molecule has 1 aromatic rings. The van der Waals surface area contributed by atoms with Crippen LogP contribution < -0.4 is 5.14 Å². The summed E-state index contributed by atoms with van der Waals surface area (Å²) >= 11 is 0. The highest BCUT2D eigenvalue weighted by Gasteiger charge is 2.41. The molecule has 0 saturated carbocycles. The second kappa shape index (κ2) is 5.20. The average molecular weight is 285 g/mol. The van der Waals surface area contributed by atoms with E-state index in [0.717, 1.165) is 12.0 Å². The minimum Gasteiger partial charge on any atom is -0.367 e. The molecule has 1 aromatic carbocycles. The first-order valence-electron chi connectivity index (χ1n) is 6.17. The average Bonchev–Trinajstić information content (AvgIpc) is 2.62. The third-order valence-electron chi connectivity index (χ3n) is 3.20. The van der Waals surface area contributed by atoms with E-state index in [1.54, 1.807) is 0 Å². The van der Waals surface area contributed by atoms with Crippen LogP contribution in [0.4, 0.5) is 0 Å². The van der Waals surface area contributed by atoms with E-state index in [2.05, 4.69) is 0 Å². The van der Waals surface area contributed by atoms with Crippen molar-refractivity contribution in [3.05, 3.63) is 35.9 Å². The molecule has 0 aromatic heterocycles. The van der Waals surface area contributed by atoms with Crippen molar-refractivity contribution in [2.24, 2.45) is 11.1 Å². The van der Waals surface area contributed by atoms with Crippen LogP contribution in [-0.2, 0) is 19.2 Å². The van der Waals surface area contributed by atoms with Gasteiger partial charge in [0.1, 0.15) is 0 Å². The highest BCUT2D eigenvalue weighted by atomic mass is 32.2. The Morgan fingerprint density at radius 3 is 2.58 bits per heavy atom. The van der Waals surface area contributed by atoms with Crippen LogP contribution in [0, 0.1) is 5.92 Å². The van der Waals surface area contributed by atoms with E-state index in [-0.39, 0.29) is 24.2 Å². The van der Waals surface area contributed by atoms with Gasteiger partial charge < -0.3 is 4.74 Å². The van der Waals surface area contributed by atoms with Crippen molar-refractivity contribution >= 4 is 10.3 Å². The number of benzene rings is 1. The minimum absolute atomic E-state index is 0.0317. The summed E-state index contributed by atoms with van der Waals surface area (Å²) < 4.78 is 32.5. The molecule has 1 saturated heterocycles. The summed E-state index contributed by atoms with van der Waals surface area (Å²) in [6, 6.07) is 9.73. The molecular formula is C13H19NO4S.